The Kier molecular flexibility index (Phi) is 2.67. The van der Waals surface area contributed by atoms with E-state index in [9.17, 15) is 4.79 Å². The molecule has 1 amide bonds. The van der Waals surface area contributed by atoms with Crippen molar-refractivity contribution in [2.24, 2.45) is 0 Å². The summed E-state index contributed by atoms with van der Waals surface area (Å²) in [5.74, 6) is 0.562. The number of fused-ring (bicyclic) bond motifs is 1. The maximum Gasteiger partial charge on any atom is 0.242 e. The number of carbonyl (C=O) groups is 1. The van der Waals surface area contributed by atoms with E-state index in [1.54, 1.807) is 23.5 Å². The van der Waals surface area contributed by atoms with Gasteiger partial charge in [-0.05, 0) is 26.0 Å². The molecule has 2 heterocycles. The SMILES string of the molecule is CC1(C)C(=O)N(c2cnccn2)c2cccc(Br)c21. The molecule has 0 bridgehead atoms. The number of nitrogens with zero attached hydrogens (tertiary/aromatic N) is 3. The lowest BCUT2D eigenvalue weighted by Crippen LogP contribution is -2.33. The molecule has 0 saturated carbocycles. The van der Waals surface area contributed by atoms with Gasteiger partial charge >= 0.3 is 0 Å². The van der Waals surface area contributed by atoms with Crippen molar-refractivity contribution in [3.05, 3.63) is 46.8 Å². The van der Waals surface area contributed by atoms with Gasteiger partial charge in [-0.1, -0.05) is 22.0 Å². The van der Waals surface area contributed by atoms with E-state index in [0.29, 0.717) is 5.82 Å². The third kappa shape index (κ3) is 1.69. The highest BCUT2D eigenvalue weighted by Gasteiger charge is 2.46. The second-order valence-corrected chi connectivity index (χ2v) is 5.82. The van der Waals surface area contributed by atoms with Crippen LogP contribution in [0.5, 0.6) is 0 Å². The lowest BCUT2D eigenvalue weighted by atomic mass is 9.86. The van der Waals surface area contributed by atoms with E-state index in [-0.39, 0.29) is 5.91 Å². The Morgan fingerprint density at radius 1 is 1.26 bits per heavy atom. The van der Waals surface area contributed by atoms with Crippen LogP contribution in [0.2, 0.25) is 0 Å². The molecule has 96 valence electrons. The number of benzene rings is 1. The van der Waals surface area contributed by atoms with Crippen LogP contribution in [0.25, 0.3) is 0 Å². The molecular formula is C14H12BrN3O. The van der Waals surface area contributed by atoms with Crippen molar-refractivity contribution in [3.63, 3.8) is 0 Å². The fourth-order valence-electron chi connectivity index (χ4n) is 2.45. The van der Waals surface area contributed by atoms with Crippen molar-refractivity contribution in [2.75, 3.05) is 4.90 Å². The molecular weight excluding hydrogens is 306 g/mol. The Balaban J connectivity index is 2.26. The molecule has 2 aromatic rings. The lowest BCUT2D eigenvalue weighted by Gasteiger charge is -2.19. The fourth-order valence-corrected chi connectivity index (χ4v) is 3.30. The van der Waals surface area contributed by atoms with Gasteiger partial charge in [0.05, 0.1) is 17.3 Å². The van der Waals surface area contributed by atoms with Crippen molar-refractivity contribution in [2.45, 2.75) is 19.3 Å². The minimum absolute atomic E-state index is 0.00917. The average molecular weight is 318 g/mol. The third-order valence-corrected chi connectivity index (χ3v) is 4.03. The van der Waals surface area contributed by atoms with Gasteiger partial charge in [0, 0.05) is 22.4 Å². The van der Waals surface area contributed by atoms with E-state index in [0.717, 1.165) is 15.7 Å². The Hall–Kier alpha value is -1.75. The summed E-state index contributed by atoms with van der Waals surface area (Å²) in [5, 5.41) is 0. The van der Waals surface area contributed by atoms with Crippen LogP contribution in [-0.2, 0) is 10.2 Å². The van der Waals surface area contributed by atoms with Crippen LogP contribution < -0.4 is 4.90 Å². The maximum absolute atomic E-state index is 12.7. The number of carbonyl (C=O) groups excluding carboxylic acids is 1. The third-order valence-electron chi connectivity index (χ3n) is 3.37. The minimum Gasteiger partial charge on any atom is -0.273 e. The van der Waals surface area contributed by atoms with Crippen molar-refractivity contribution in [1.82, 2.24) is 9.97 Å². The van der Waals surface area contributed by atoms with Crippen LogP contribution in [0.4, 0.5) is 11.5 Å². The van der Waals surface area contributed by atoms with Crippen LogP contribution in [0.1, 0.15) is 19.4 Å². The molecule has 0 atom stereocenters. The highest BCUT2D eigenvalue weighted by molar-refractivity contribution is 9.10. The molecule has 0 fully saturated rings. The van der Waals surface area contributed by atoms with E-state index in [1.807, 2.05) is 32.0 Å². The van der Waals surface area contributed by atoms with Crippen molar-refractivity contribution in [3.8, 4) is 0 Å². The Labute approximate surface area is 119 Å². The van der Waals surface area contributed by atoms with Gasteiger partial charge < -0.3 is 0 Å². The summed E-state index contributed by atoms with van der Waals surface area (Å²) in [6.07, 6.45) is 4.78. The normalized spacial score (nSPS) is 16.6. The van der Waals surface area contributed by atoms with E-state index < -0.39 is 5.41 Å². The first kappa shape index (κ1) is 12.3. The molecule has 0 saturated heterocycles. The van der Waals surface area contributed by atoms with Gasteiger partial charge in [-0.2, -0.15) is 0 Å². The maximum atomic E-state index is 12.7. The van der Waals surface area contributed by atoms with Gasteiger partial charge in [0.25, 0.3) is 0 Å². The quantitative estimate of drug-likeness (QED) is 0.811. The van der Waals surface area contributed by atoms with Gasteiger partial charge in [0.15, 0.2) is 5.82 Å². The summed E-state index contributed by atoms with van der Waals surface area (Å²) in [6.45, 7) is 3.85. The summed E-state index contributed by atoms with van der Waals surface area (Å²) in [7, 11) is 0. The van der Waals surface area contributed by atoms with Crippen LogP contribution in [0, 0.1) is 0 Å². The van der Waals surface area contributed by atoms with Gasteiger partial charge in [-0.15, -0.1) is 0 Å². The predicted molar refractivity (Wildman–Crippen MR) is 76.3 cm³/mol. The molecule has 5 heteroatoms. The van der Waals surface area contributed by atoms with E-state index in [2.05, 4.69) is 25.9 Å². The monoisotopic (exact) mass is 317 g/mol. The molecule has 1 aliphatic rings. The topological polar surface area (TPSA) is 46.1 Å². The summed E-state index contributed by atoms with van der Waals surface area (Å²) in [4.78, 5) is 22.6. The van der Waals surface area contributed by atoms with Crippen LogP contribution in [0.15, 0.2) is 41.3 Å². The smallest absolute Gasteiger partial charge is 0.242 e. The highest BCUT2D eigenvalue weighted by Crippen LogP contribution is 2.47. The van der Waals surface area contributed by atoms with Crippen LogP contribution in [-0.4, -0.2) is 15.9 Å². The second-order valence-electron chi connectivity index (χ2n) is 4.96. The van der Waals surface area contributed by atoms with Gasteiger partial charge in [0.2, 0.25) is 5.91 Å². The van der Waals surface area contributed by atoms with E-state index in [4.69, 9.17) is 0 Å². The first-order chi connectivity index (χ1) is 9.03. The molecule has 19 heavy (non-hydrogen) atoms. The zero-order valence-corrected chi connectivity index (χ0v) is 12.2. The number of amides is 1. The second kappa shape index (κ2) is 4.13. The minimum atomic E-state index is -0.576. The summed E-state index contributed by atoms with van der Waals surface area (Å²) in [5.41, 5.74) is 1.28. The number of hydrogen-bond acceptors (Lipinski definition) is 3. The molecule has 0 aliphatic carbocycles. The Morgan fingerprint density at radius 3 is 2.74 bits per heavy atom. The average Bonchev–Trinajstić information content (AvgIpc) is 2.60. The number of rotatable bonds is 1. The van der Waals surface area contributed by atoms with E-state index >= 15 is 0 Å². The van der Waals surface area contributed by atoms with Crippen LogP contribution in [0.3, 0.4) is 0 Å². The Morgan fingerprint density at radius 2 is 2.05 bits per heavy atom. The predicted octanol–water partition coefficient (Wildman–Crippen LogP) is 3.20. The summed E-state index contributed by atoms with van der Waals surface area (Å²) in [6, 6.07) is 5.80. The summed E-state index contributed by atoms with van der Waals surface area (Å²) < 4.78 is 0.940. The molecule has 1 aliphatic heterocycles. The van der Waals surface area contributed by atoms with Crippen molar-refractivity contribution >= 4 is 33.3 Å². The molecule has 0 N–H and O–H groups in total. The fraction of sp³-hybridized carbons (Fsp3) is 0.214. The number of halogens is 1. The van der Waals surface area contributed by atoms with E-state index in [1.165, 1.54) is 0 Å². The largest absolute Gasteiger partial charge is 0.273 e. The van der Waals surface area contributed by atoms with Gasteiger partial charge in [0.1, 0.15) is 0 Å². The zero-order valence-electron chi connectivity index (χ0n) is 10.6. The lowest BCUT2D eigenvalue weighted by molar-refractivity contribution is -0.121. The molecule has 4 nitrogen and oxygen atoms in total. The number of hydrogen-bond donors (Lipinski definition) is 0. The van der Waals surface area contributed by atoms with Crippen molar-refractivity contribution < 1.29 is 4.79 Å². The van der Waals surface area contributed by atoms with Crippen molar-refractivity contribution in [1.29, 1.82) is 0 Å². The molecule has 0 unspecified atom stereocenters. The van der Waals surface area contributed by atoms with Gasteiger partial charge in [-0.25, -0.2) is 4.98 Å². The molecule has 0 spiro atoms. The number of aromatic nitrogens is 2. The van der Waals surface area contributed by atoms with Crippen LogP contribution >= 0.6 is 15.9 Å². The first-order valence-electron chi connectivity index (χ1n) is 5.93. The molecule has 1 aromatic heterocycles. The Bertz CT molecular complexity index is 655. The molecule has 3 rings (SSSR count). The zero-order chi connectivity index (χ0) is 13.6. The van der Waals surface area contributed by atoms with Gasteiger partial charge in [-0.3, -0.25) is 14.7 Å². The molecule has 0 radical (unpaired) electrons. The summed E-state index contributed by atoms with van der Waals surface area (Å²) >= 11 is 3.54. The highest BCUT2D eigenvalue weighted by atomic mass is 79.9. The molecule has 1 aromatic carbocycles. The standard InChI is InChI=1S/C14H12BrN3O/c1-14(2)12-9(15)4-3-5-10(12)18(13(14)19)11-8-16-6-7-17-11/h3-8H,1-2H3. The first-order valence-corrected chi connectivity index (χ1v) is 6.72. The number of anilines is 2.